The number of aromatic nitrogens is 5. The van der Waals surface area contributed by atoms with Crippen LogP contribution in [0, 0.1) is 6.92 Å². The van der Waals surface area contributed by atoms with E-state index in [0.29, 0.717) is 29.0 Å². The molecule has 1 N–H and O–H groups in total. The van der Waals surface area contributed by atoms with Gasteiger partial charge in [0.05, 0.1) is 16.6 Å². The summed E-state index contributed by atoms with van der Waals surface area (Å²) in [6.07, 6.45) is 3.43. The summed E-state index contributed by atoms with van der Waals surface area (Å²) >= 11 is 6.86. The number of hydrogen-bond donors (Lipinski definition) is 1. The van der Waals surface area contributed by atoms with Crippen molar-refractivity contribution in [1.29, 1.82) is 0 Å². The molecule has 0 fully saturated rings. The predicted molar refractivity (Wildman–Crippen MR) is 121 cm³/mol. The standard InChI is InChI=1S/C20H16Br2N6O/c1-3-28-10-15(17(29)14-8-16(22)11(2)24-19(14)28)18-25-20(27-26-18)23-9-12-4-6-13(21)7-5-12/h4-10H,3H2,1-2H3,(H,25,26,27)/b23-9+. The Bertz CT molecular complexity index is 1290. The smallest absolute Gasteiger partial charge is 0.268 e. The molecule has 0 spiro atoms. The average Bonchev–Trinajstić information content (AvgIpc) is 3.18. The zero-order chi connectivity index (χ0) is 20.5. The molecule has 0 aliphatic carbocycles. The molecule has 4 aromatic rings. The summed E-state index contributed by atoms with van der Waals surface area (Å²) in [5.74, 6) is 0.632. The second-order valence-corrected chi connectivity index (χ2v) is 8.15. The van der Waals surface area contributed by atoms with Crippen molar-refractivity contribution in [3.63, 3.8) is 0 Å². The zero-order valence-corrected chi connectivity index (χ0v) is 18.8. The van der Waals surface area contributed by atoms with Gasteiger partial charge in [0, 0.05) is 27.9 Å². The summed E-state index contributed by atoms with van der Waals surface area (Å²) in [6, 6.07) is 9.52. The van der Waals surface area contributed by atoms with E-state index in [9.17, 15) is 4.79 Å². The highest BCUT2D eigenvalue weighted by Gasteiger charge is 2.16. The van der Waals surface area contributed by atoms with E-state index in [2.05, 4.69) is 57.0 Å². The van der Waals surface area contributed by atoms with Crippen LogP contribution in [0.25, 0.3) is 22.4 Å². The van der Waals surface area contributed by atoms with Gasteiger partial charge in [-0.1, -0.05) is 28.1 Å². The van der Waals surface area contributed by atoms with E-state index >= 15 is 0 Å². The molecule has 0 amide bonds. The van der Waals surface area contributed by atoms with Crippen molar-refractivity contribution in [1.82, 2.24) is 24.7 Å². The van der Waals surface area contributed by atoms with Crippen LogP contribution >= 0.6 is 31.9 Å². The van der Waals surface area contributed by atoms with Crippen molar-refractivity contribution >= 4 is 55.1 Å². The molecule has 146 valence electrons. The number of nitrogens with zero attached hydrogens (tertiary/aromatic N) is 5. The maximum absolute atomic E-state index is 13.1. The van der Waals surface area contributed by atoms with E-state index in [-0.39, 0.29) is 11.4 Å². The maximum atomic E-state index is 13.1. The van der Waals surface area contributed by atoms with Crippen molar-refractivity contribution in [2.75, 3.05) is 0 Å². The van der Waals surface area contributed by atoms with Crippen molar-refractivity contribution in [2.45, 2.75) is 20.4 Å². The Balaban J connectivity index is 1.75. The Labute approximate surface area is 183 Å². The number of aromatic amines is 1. The van der Waals surface area contributed by atoms with Gasteiger partial charge in [-0.05, 0) is 53.5 Å². The number of aryl methyl sites for hydroxylation is 2. The summed E-state index contributed by atoms with van der Waals surface area (Å²) in [5, 5.41) is 7.47. The highest BCUT2D eigenvalue weighted by atomic mass is 79.9. The first-order chi connectivity index (χ1) is 14.0. The van der Waals surface area contributed by atoms with Crippen LogP contribution in [0.5, 0.6) is 0 Å². The van der Waals surface area contributed by atoms with E-state index < -0.39 is 0 Å². The molecule has 0 aliphatic heterocycles. The lowest BCUT2D eigenvalue weighted by atomic mass is 10.1. The molecule has 0 saturated heterocycles. The Morgan fingerprint density at radius 1 is 1.21 bits per heavy atom. The van der Waals surface area contributed by atoms with Gasteiger partial charge in [0.15, 0.2) is 5.82 Å². The van der Waals surface area contributed by atoms with E-state index in [1.165, 1.54) is 0 Å². The van der Waals surface area contributed by atoms with Crippen LogP contribution in [0.15, 0.2) is 55.3 Å². The molecule has 4 rings (SSSR count). The van der Waals surface area contributed by atoms with E-state index in [1.807, 2.05) is 42.7 Å². The number of hydrogen-bond acceptors (Lipinski definition) is 5. The Hall–Kier alpha value is -2.65. The average molecular weight is 516 g/mol. The van der Waals surface area contributed by atoms with E-state index in [0.717, 1.165) is 20.2 Å². The molecular formula is C20H16Br2N6O. The van der Waals surface area contributed by atoms with Gasteiger partial charge >= 0.3 is 0 Å². The van der Waals surface area contributed by atoms with Crippen molar-refractivity contribution in [2.24, 2.45) is 4.99 Å². The Kier molecular flexibility index (Phi) is 5.42. The molecule has 0 radical (unpaired) electrons. The van der Waals surface area contributed by atoms with Crippen molar-refractivity contribution in [3.8, 4) is 11.4 Å². The topological polar surface area (TPSA) is 88.8 Å². The van der Waals surface area contributed by atoms with Gasteiger partial charge in [-0.3, -0.25) is 9.89 Å². The molecule has 0 unspecified atom stereocenters. The molecule has 29 heavy (non-hydrogen) atoms. The van der Waals surface area contributed by atoms with Crippen LogP contribution in [-0.2, 0) is 6.54 Å². The monoisotopic (exact) mass is 514 g/mol. The van der Waals surface area contributed by atoms with Gasteiger partial charge in [0.25, 0.3) is 5.95 Å². The van der Waals surface area contributed by atoms with Crippen LogP contribution in [-0.4, -0.2) is 30.9 Å². The Morgan fingerprint density at radius 3 is 2.69 bits per heavy atom. The highest BCUT2D eigenvalue weighted by molar-refractivity contribution is 9.10. The molecule has 9 heteroatoms. The van der Waals surface area contributed by atoms with Crippen molar-refractivity contribution in [3.05, 3.63) is 67.0 Å². The van der Waals surface area contributed by atoms with Gasteiger partial charge in [-0.25, -0.2) is 9.98 Å². The van der Waals surface area contributed by atoms with Crippen molar-refractivity contribution < 1.29 is 0 Å². The van der Waals surface area contributed by atoms with E-state index in [4.69, 9.17) is 0 Å². The molecule has 3 heterocycles. The third-order valence-corrected chi connectivity index (χ3v) is 5.78. The number of fused-ring (bicyclic) bond motifs is 1. The number of nitrogens with one attached hydrogen (secondary N) is 1. The number of H-pyrrole nitrogens is 1. The summed E-state index contributed by atoms with van der Waals surface area (Å²) < 4.78 is 3.72. The third-order valence-electron chi connectivity index (χ3n) is 4.45. The second kappa shape index (κ2) is 8.00. The first-order valence-corrected chi connectivity index (χ1v) is 10.5. The fourth-order valence-corrected chi connectivity index (χ4v) is 3.48. The molecule has 0 atom stereocenters. The lowest BCUT2D eigenvalue weighted by Crippen LogP contribution is -2.14. The summed E-state index contributed by atoms with van der Waals surface area (Å²) in [7, 11) is 0. The molecule has 7 nitrogen and oxygen atoms in total. The lowest BCUT2D eigenvalue weighted by molar-refractivity contribution is 0.775. The van der Waals surface area contributed by atoms with Crippen LogP contribution in [0.1, 0.15) is 18.2 Å². The second-order valence-electron chi connectivity index (χ2n) is 6.38. The number of rotatable bonds is 4. The molecular weight excluding hydrogens is 500 g/mol. The summed E-state index contributed by atoms with van der Waals surface area (Å²) in [6.45, 7) is 4.57. The Morgan fingerprint density at radius 2 is 1.97 bits per heavy atom. The van der Waals surface area contributed by atoms with E-state index in [1.54, 1.807) is 18.5 Å². The lowest BCUT2D eigenvalue weighted by Gasteiger charge is -2.11. The van der Waals surface area contributed by atoms with Crippen LogP contribution < -0.4 is 5.43 Å². The quantitative estimate of drug-likeness (QED) is 0.396. The van der Waals surface area contributed by atoms with Gasteiger partial charge in [-0.2, -0.15) is 4.98 Å². The summed E-state index contributed by atoms with van der Waals surface area (Å²) in [5.41, 5.74) is 2.67. The predicted octanol–water partition coefficient (Wildman–Crippen LogP) is 4.79. The summed E-state index contributed by atoms with van der Waals surface area (Å²) in [4.78, 5) is 26.3. The van der Waals surface area contributed by atoms with Gasteiger partial charge in [0.1, 0.15) is 5.65 Å². The number of pyridine rings is 2. The molecule has 3 aromatic heterocycles. The molecule has 0 saturated carbocycles. The largest absolute Gasteiger partial charge is 0.332 e. The number of benzene rings is 1. The van der Waals surface area contributed by atoms with Crippen LogP contribution in [0.4, 0.5) is 5.95 Å². The molecule has 0 aliphatic rings. The van der Waals surface area contributed by atoms with Gasteiger partial charge in [-0.15, -0.1) is 5.10 Å². The molecule has 1 aromatic carbocycles. The number of halogens is 2. The minimum Gasteiger partial charge on any atom is -0.332 e. The van der Waals surface area contributed by atoms with Gasteiger partial charge in [0.2, 0.25) is 5.43 Å². The maximum Gasteiger partial charge on any atom is 0.268 e. The van der Waals surface area contributed by atoms with Crippen LogP contribution in [0.3, 0.4) is 0 Å². The third kappa shape index (κ3) is 3.92. The SMILES string of the molecule is CCn1cc(-c2nc(/N=C/c3ccc(Br)cc3)n[nH]2)c(=O)c2cc(Br)c(C)nc21. The van der Waals surface area contributed by atoms with Gasteiger partial charge < -0.3 is 4.57 Å². The minimum atomic E-state index is -0.155. The zero-order valence-electron chi connectivity index (χ0n) is 15.6. The minimum absolute atomic E-state index is 0.155. The van der Waals surface area contributed by atoms with Crippen LogP contribution in [0.2, 0.25) is 0 Å². The normalized spacial score (nSPS) is 11.6. The fraction of sp³-hybridized carbons (Fsp3) is 0.150. The fourth-order valence-electron chi connectivity index (χ4n) is 2.90. The number of aliphatic imine (C=N–C) groups is 1. The molecule has 0 bridgehead atoms. The first kappa shape index (κ1) is 19.7. The highest BCUT2D eigenvalue weighted by Crippen LogP contribution is 2.22. The first-order valence-electron chi connectivity index (χ1n) is 8.89.